The molecule has 1 amide bonds. The van der Waals surface area contributed by atoms with Crippen molar-refractivity contribution in [3.8, 4) is 0 Å². The van der Waals surface area contributed by atoms with E-state index in [0.29, 0.717) is 18.5 Å². The normalized spacial score (nSPS) is 17.2. The lowest BCUT2D eigenvalue weighted by molar-refractivity contribution is -0.123. The highest BCUT2D eigenvalue weighted by Crippen LogP contribution is 2.37. The van der Waals surface area contributed by atoms with E-state index >= 15 is 0 Å². The second-order valence-corrected chi connectivity index (χ2v) is 9.50. The fourth-order valence-electron chi connectivity index (χ4n) is 3.56. The highest BCUT2D eigenvalue weighted by molar-refractivity contribution is 7.89. The molecule has 0 unspecified atom stereocenters. The molecule has 0 aliphatic carbocycles. The molecule has 0 aromatic heterocycles. The number of benzene rings is 2. The van der Waals surface area contributed by atoms with Crippen molar-refractivity contribution in [2.75, 3.05) is 24.2 Å². The van der Waals surface area contributed by atoms with Crippen molar-refractivity contribution in [2.24, 2.45) is 0 Å². The highest BCUT2D eigenvalue weighted by atomic mass is 35.5. The smallest absolute Gasteiger partial charge is 0.235 e. The SMILES string of the molecule is CCS(=O)(=O)N1CCC(C(=O)Nc2ccc(Cl)c(F)c2)(c2ccccc2)CC1. The summed E-state index contributed by atoms with van der Waals surface area (Å²) < 4.78 is 39.6. The Labute approximate surface area is 169 Å². The van der Waals surface area contributed by atoms with E-state index in [1.807, 2.05) is 30.3 Å². The molecule has 0 saturated carbocycles. The van der Waals surface area contributed by atoms with Crippen LogP contribution in [0.25, 0.3) is 0 Å². The van der Waals surface area contributed by atoms with Crippen LogP contribution < -0.4 is 5.32 Å². The van der Waals surface area contributed by atoms with Crippen molar-refractivity contribution in [3.63, 3.8) is 0 Å². The van der Waals surface area contributed by atoms with E-state index in [2.05, 4.69) is 5.32 Å². The molecular weight excluding hydrogens is 403 g/mol. The molecule has 2 aromatic rings. The van der Waals surface area contributed by atoms with Crippen LogP contribution in [0.4, 0.5) is 10.1 Å². The number of nitrogens with one attached hydrogen (secondary N) is 1. The molecule has 3 rings (SSSR count). The molecule has 0 atom stereocenters. The summed E-state index contributed by atoms with van der Waals surface area (Å²) in [5, 5.41) is 2.76. The van der Waals surface area contributed by atoms with Crippen molar-refractivity contribution >= 4 is 33.2 Å². The first-order chi connectivity index (χ1) is 13.3. The first-order valence-corrected chi connectivity index (χ1v) is 11.1. The zero-order valence-corrected chi connectivity index (χ0v) is 17.1. The number of hydrogen-bond donors (Lipinski definition) is 1. The molecule has 0 bridgehead atoms. The summed E-state index contributed by atoms with van der Waals surface area (Å²) in [6, 6.07) is 13.4. The zero-order chi connectivity index (χ0) is 20.4. The van der Waals surface area contributed by atoms with E-state index in [0.717, 1.165) is 5.56 Å². The lowest BCUT2D eigenvalue weighted by atomic mass is 9.72. The van der Waals surface area contributed by atoms with Gasteiger partial charge in [0.05, 0.1) is 16.2 Å². The maximum absolute atomic E-state index is 13.8. The molecule has 1 fully saturated rings. The van der Waals surface area contributed by atoms with Crippen LogP contribution in [0.2, 0.25) is 5.02 Å². The summed E-state index contributed by atoms with van der Waals surface area (Å²) in [5.41, 5.74) is 0.234. The molecule has 1 aliphatic heterocycles. The number of carbonyl (C=O) groups excluding carboxylic acids is 1. The average molecular weight is 425 g/mol. The fraction of sp³-hybridized carbons (Fsp3) is 0.350. The lowest BCUT2D eigenvalue weighted by Crippen LogP contribution is -2.51. The van der Waals surface area contributed by atoms with Gasteiger partial charge in [0, 0.05) is 18.8 Å². The topological polar surface area (TPSA) is 66.5 Å². The summed E-state index contributed by atoms with van der Waals surface area (Å²) >= 11 is 5.71. The summed E-state index contributed by atoms with van der Waals surface area (Å²) in [4.78, 5) is 13.3. The van der Waals surface area contributed by atoms with Crippen LogP contribution in [0.5, 0.6) is 0 Å². The third-order valence-corrected chi connectivity index (χ3v) is 7.46. The Hall–Kier alpha value is -1.96. The van der Waals surface area contributed by atoms with Crippen LogP contribution in [0.15, 0.2) is 48.5 Å². The second-order valence-electron chi connectivity index (χ2n) is 6.83. The summed E-state index contributed by atoms with van der Waals surface area (Å²) in [7, 11) is -3.31. The fourth-order valence-corrected chi connectivity index (χ4v) is 4.78. The van der Waals surface area contributed by atoms with Gasteiger partial charge in [-0.3, -0.25) is 4.79 Å². The molecule has 1 saturated heterocycles. The summed E-state index contributed by atoms with van der Waals surface area (Å²) in [5.74, 6) is -0.868. The van der Waals surface area contributed by atoms with E-state index in [1.54, 1.807) is 13.0 Å². The van der Waals surface area contributed by atoms with Gasteiger partial charge in [-0.05, 0) is 43.5 Å². The Balaban J connectivity index is 1.90. The molecule has 0 spiro atoms. The molecule has 5 nitrogen and oxygen atoms in total. The summed E-state index contributed by atoms with van der Waals surface area (Å²) in [6.07, 6.45) is 0.691. The van der Waals surface area contributed by atoms with Crippen molar-refractivity contribution in [2.45, 2.75) is 25.2 Å². The van der Waals surface area contributed by atoms with Crippen LogP contribution in [0, 0.1) is 5.82 Å². The maximum Gasteiger partial charge on any atom is 0.235 e. The van der Waals surface area contributed by atoms with Crippen LogP contribution >= 0.6 is 11.6 Å². The first-order valence-electron chi connectivity index (χ1n) is 9.08. The minimum Gasteiger partial charge on any atom is -0.325 e. The van der Waals surface area contributed by atoms with E-state index < -0.39 is 21.3 Å². The minimum atomic E-state index is -3.31. The van der Waals surface area contributed by atoms with Gasteiger partial charge in [0.1, 0.15) is 5.82 Å². The third-order valence-electron chi connectivity index (χ3n) is 5.27. The van der Waals surface area contributed by atoms with Gasteiger partial charge in [-0.25, -0.2) is 17.1 Å². The molecule has 1 heterocycles. The number of piperidine rings is 1. The van der Waals surface area contributed by atoms with Crippen LogP contribution in [-0.2, 0) is 20.2 Å². The van der Waals surface area contributed by atoms with Crippen LogP contribution in [-0.4, -0.2) is 37.5 Å². The lowest BCUT2D eigenvalue weighted by Gasteiger charge is -2.40. The van der Waals surface area contributed by atoms with Gasteiger partial charge in [0.25, 0.3) is 0 Å². The Morgan fingerprint density at radius 3 is 2.39 bits per heavy atom. The number of anilines is 1. The van der Waals surface area contributed by atoms with E-state index in [4.69, 9.17) is 11.6 Å². The van der Waals surface area contributed by atoms with Gasteiger partial charge in [-0.2, -0.15) is 0 Å². The largest absolute Gasteiger partial charge is 0.325 e. The molecule has 0 radical (unpaired) electrons. The second kappa shape index (κ2) is 8.19. The van der Waals surface area contributed by atoms with Crippen LogP contribution in [0.1, 0.15) is 25.3 Å². The maximum atomic E-state index is 13.8. The Kier molecular flexibility index (Phi) is 6.07. The third kappa shape index (κ3) is 4.06. The average Bonchev–Trinajstić information content (AvgIpc) is 2.71. The molecular formula is C20H22ClFN2O3S. The monoisotopic (exact) mass is 424 g/mol. The Morgan fingerprint density at radius 1 is 1.18 bits per heavy atom. The van der Waals surface area contributed by atoms with Crippen LogP contribution in [0.3, 0.4) is 0 Å². The zero-order valence-electron chi connectivity index (χ0n) is 15.5. The molecule has 1 N–H and O–H groups in total. The van der Waals surface area contributed by atoms with E-state index in [-0.39, 0.29) is 29.8 Å². The number of rotatable bonds is 5. The quantitative estimate of drug-likeness (QED) is 0.793. The molecule has 8 heteroatoms. The van der Waals surface area contributed by atoms with E-state index in [9.17, 15) is 17.6 Å². The van der Waals surface area contributed by atoms with Gasteiger partial charge in [-0.15, -0.1) is 0 Å². The van der Waals surface area contributed by atoms with Gasteiger partial charge < -0.3 is 5.32 Å². The number of halogens is 2. The number of amides is 1. The minimum absolute atomic E-state index is 0.0196. The van der Waals surface area contributed by atoms with Gasteiger partial charge in [-0.1, -0.05) is 41.9 Å². The number of carbonyl (C=O) groups is 1. The van der Waals surface area contributed by atoms with Crippen molar-refractivity contribution in [1.82, 2.24) is 4.31 Å². The van der Waals surface area contributed by atoms with Crippen molar-refractivity contribution < 1.29 is 17.6 Å². The van der Waals surface area contributed by atoms with Crippen molar-refractivity contribution in [3.05, 3.63) is 64.9 Å². The predicted molar refractivity (Wildman–Crippen MR) is 108 cm³/mol. The molecule has 150 valence electrons. The number of hydrogen-bond acceptors (Lipinski definition) is 3. The number of sulfonamides is 1. The Morgan fingerprint density at radius 2 is 1.82 bits per heavy atom. The predicted octanol–water partition coefficient (Wildman–Crippen LogP) is 3.80. The number of nitrogens with zero attached hydrogens (tertiary/aromatic N) is 1. The molecule has 2 aromatic carbocycles. The molecule has 1 aliphatic rings. The van der Waals surface area contributed by atoms with Gasteiger partial charge >= 0.3 is 0 Å². The van der Waals surface area contributed by atoms with Gasteiger partial charge in [0.15, 0.2) is 0 Å². The molecule has 28 heavy (non-hydrogen) atoms. The van der Waals surface area contributed by atoms with E-state index in [1.165, 1.54) is 16.4 Å². The standard InChI is InChI=1S/C20H22ClFN2O3S/c1-2-28(26,27)24-12-10-20(11-13-24,15-6-4-3-5-7-15)19(25)23-16-8-9-17(21)18(22)14-16/h3-9,14H,2,10-13H2,1H3,(H,23,25). The van der Waals surface area contributed by atoms with Gasteiger partial charge in [0.2, 0.25) is 15.9 Å². The summed E-state index contributed by atoms with van der Waals surface area (Å²) in [6.45, 7) is 2.12. The first kappa shape index (κ1) is 20.8. The van der Waals surface area contributed by atoms with Crippen molar-refractivity contribution in [1.29, 1.82) is 0 Å². The highest BCUT2D eigenvalue weighted by Gasteiger charge is 2.44. The Bertz CT molecular complexity index is 959.